The number of thioether (sulfide) groups is 1. The molecular weight excluding hydrogens is 313 g/mol. The number of rotatable bonds is 4. The molecule has 0 bridgehead atoms. The van der Waals surface area contributed by atoms with E-state index in [0.717, 1.165) is 4.90 Å². The van der Waals surface area contributed by atoms with Crippen molar-refractivity contribution in [2.45, 2.75) is 11.3 Å². The van der Waals surface area contributed by atoms with Crippen molar-refractivity contribution < 1.29 is 4.79 Å². The monoisotopic (exact) mass is 323 g/mol. The smallest absolute Gasteiger partial charge is 0.169 e. The Labute approximate surface area is 131 Å². The first-order valence-electron chi connectivity index (χ1n) is 5.84. The van der Waals surface area contributed by atoms with Crippen LogP contribution in [0, 0.1) is 5.41 Å². The Morgan fingerprint density at radius 2 is 1.45 bits per heavy atom. The van der Waals surface area contributed by atoms with Crippen molar-refractivity contribution in [3.8, 4) is 0 Å². The Hall–Kier alpha value is -1.29. The average Bonchev–Trinajstić information content (AvgIpc) is 2.42. The highest BCUT2D eigenvalue weighted by Gasteiger charge is 2.10. The molecule has 0 aromatic heterocycles. The van der Waals surface area contributed by atoms with Crippen molar-refractivity contribution in [1.29, 1.82) is 5.41 Å². The quantitative estimate of drug-likeness (QED) is 0.357. The van der Waals surface area contributed by atoms with E-state index < -0.39 is 0 Å². The lowest BCUT2D eigenvalue weighted by Gasteiger charge is -2.04. The van der Waals surface area contributed by atoms with Gasteiger partial charge in [-0.1, -0.05) is 35.0 Å². The summed E-state index contributed by atoms with van der Waals surface area (Å²) in [6.07, 6.45) is 0.0783. The molecule has 0 amide bonds. The summed E-state index contributed by atoms with van der Waals surface area (Å²) in [6, 6.07) is 13.9. The van der Waals surface area contributed by atoms with E-state index in [1.807, 2.05) is 12.1 Å². The fourth-order valence-corrected chi connectivity index (χ4v) is 2.58. The summed E-state index contributed by atoms with van der Waals surface area (Å²) in [5.41, 5.74) is 0.566. The molecule has 0 aliphatic rings. The van der Waals surface area contributed by atoms with E-state index in [4.69, 9.17) is 28.6 Å². The Balaban J connectivity index is 1.95. The minimum absolute atomic E-state index is 0.0783. The molecule has 5 heteroatoms. The lowest BCUT2D eigenvalue weighted by molar-refractivity contribution is 0.100. The molecule has 2 aromatic carbocycles. The first-order chi connectivity index (χ1) is 9.54. The lowest BCUT2D eigenvalue weighted by Crippen LogP contribution is -2.04. The third-order valence-electron chi connectivity index (χ3n) is 2.54. The standard InChI is InChI=1S/C15H11Cl2NOS/c16-11-3-1-10(2-4-11)14(19)9-15(18)20-13-7-5-12(17)6-8-13/h1-8,18H,9H2. The van der Waals surface area contributed by atoms with Crippen LogP contribution in [0.4, 0.5) is 0 Å². The molecule has 0 radical (unpaired) electrons. The van der Waals surface area contributed by atoms with Crippen molar-refractivity contribution >= 4 is 45.8 Å². The molecule has 102 valence electrons. The van der Waals surface area contributed by atoms with Gasteiger partial charge in [-0.3, -0.25) is 10.2 Å². The van der Waals surface area contributed by atoms with Gasteiger partial charge in [-0.05, 0) is 48.5 Å². The third kappa shape index (κ3) is 4.37. The predicted molar refractivity (Wildman–Crippen MR) is 85.4 cm³/mol. The fourth-order valence-electron chi connectivity index (χ4n) is 1.56. The maximum atomic E-state index is 12.0. The van der Waals surface area contributed by atoms with Crippen LogP contribution in [-0.2, 0) is 0 Å². The molecular formula is C15H11Cl2NOS. The van der Waals surface area contributed by atoms with Crippen LogP contribution in [0.5, 0.6) is 0 Å². The van der Waals surface area contributed by atoms with E-state index in [2.05, 4.69) is 0 Å². The van der Waals surface area contributed by atoms with Crippen molar-refractivity contribution in [3.63, 3.8) is 0 Å². The van der Waals surface area contributed by atoms with Gasteiger partial charge in [0.1, 0.15) is 0 Å². The third-order valence-corrected chi connectivity index (χ3v) is 3.94. The van der Waals surface area contributed by atoms with Gasteiger partial charge in [0.05, 0.1) is 11.5 Å². The van der Waals surface area contributed by atoms with E-state index in [0.29, 0.717) is 20.7 Å². The number of halogens is 2. The summed E-state index contributed by atoms with van der Waals surface area (Å²) in [7, 11) is 0. The maximum absolute atomic E-state index is 12.0. The highest BCUT2D eigenvalue weighted by molar-refractivity contribution is 8.13. The predicted octanol–water partition coefficient (Wildman–Crippen LogP) is 5.34. The maximum Gasteiger partial charge on any atom is 0.169 e. The molecule has 1 N–H and O–H groups in total. The van der Waals surface area contributed by atoms with Crippen LogP contribution >= 0.6 is 35.0 Å². The lowest BCUT2D eigenvalue weighted by atomic mass is 10.1. The minimum atomic E-state index is -0.0897. The Kier molecular flexibility index (Phi) is 5.24. The molecule has 2 nitrogen and oxygen atoms in total. The molecule has 0 aliphatic carbocycles. The van der Waals surface area contributed by atoms with E-state index in [1.165, 1.54) is 11.8 Å². The van der Waals surface area contributed by atoms with Crippen molar-refractivity contribution in [2.75, 3.05) is 0 Å². The highest BCUT2D eigenvalue weighted by Crippen LogP contribution is 2.23. The molecule has 2 rings (SSSR count). The second kappa shape index (κ2) is 6.93. The molecule has 0 spiro atoms. The zero-order valence-corrected chi connectivity index (χ0v) is 12.7. The number of carbonyl (C=O) groups is 1. The first kappa shape index (κ1) is 15.1. The zero-order chi connectivity index (χ0) is 14.5. The van der Waals surface area contributed by atoms with Gasteiger partial charge >= 0.3 is 0 Å². The van der Waals surface area contributed by atoms with Gasteiger partial charge in [0.25, 0.3) is 0 Å². The van der Waals surface area contributed by atoms with Gasteiger partial charge in [0.15, 0.2) is 5.78 Å². The fraction of sp³-hybridized carbons (Fsp3) is 0.0667. The molecule has 0 aliphatic heterocycles. The molecule has 0 heterocycles. The summed E-state index contributed by atoms with van der Waals surface area (Å²) in [4.78, 5) is 12.9. The summed E-state index contributed by atoms with van der Waals surface area (Å²) in [5.74, 6) is -0.0897. The SMILES string of the molecule is N=C(CC(=O)c1ccc(Cl)cc1)Sc1ccc(Cl)cc1. The highest BCUT2D eigenvalue weighted by atomic mass is 35.5. The van der Waals surface area contributed by atoms with Crippen LogP contribution in [0.2, 0.25) is 10.0 Å². The molecule has 20 heavy (non-hydrogen) atoms. The molecule has 0 fully saturated rings. The van der Waals surface area contributed by atoms with E-state index in [9.17, 15) is 4.79 Å². The second-order valence-electron chi connectivity index (χ2n) is 4.09. The van der Waals surface area contributed by atoms with E-state index >= 15 is 0 Å². The molecule has 0 saturated carbocycles. The average molecular weight is 324 g/mol. The van der Waals surface area contributed by atoms with Crippen LogP contribution in [-0.4, -0.2) is 10.8 Å². The molecule has 0 atom stereocenters. The van der Waals surface area contributed by atoms with Crippen molar-refractivity contribution in [2.24, 2.45) is 0 Å². The van der Waals surface area contributed by atoms with Gasteiger partial charge < -0.3 is 0 Å². The summed E-state index contributed by atoms with van der Waals surface area (Å²) in [5, 5.41) is 9.42. The second-order valence-corrected chi connectivity index (χ2v) is 6.13. The molecule has 0 unspecified atom stereocenters. The zero-order valence-electron chi connectivity index (χ0n) is 10.4. The van der Waals surface area contributed by atoms with Crippen LogP contribution < -0.4 is 0 Å². The van der Waals surface area contributed by atoms with Gasteiger partial charge in [0, 0.05) is 20.5 Å². The normalized spacial score (nSPS) is 10.3. The van der Waals surface area contributed by atoms with Crippen LogP contribution in [0.3, 0.4) is 0 Å². The minimum Gasteiger partial charge on any atom is -0.298 e. The summed E-state index contributed by atoms with van der Waals surface area (Å²) in [6.45, 7) is 0. The van der Waals surface area contributed by atoms with Crippen LogP contribution in [0.1, 0.15) is 16.8 Å². The van der Waals surface area contributed by atoms with Crippen LogP contribution in [0.25, 0.3) is 0 Å². The van der Waals surface area contributed by atoms with E-state index in [1.54, 1.807) is 36.4 Å². The number of carbonyl (C=O) groups excluding carboxylic acids is 1. The Bertz CT molecular complexity index is 623. The number of benzene rings is 2. The Morgan fingerprint density at radius 1 is 0.950 bits per heavy atom. The Morgan fingerprint density at radius 3 is 2.00 bits per heavy atom. The van der Waals surface area contributed by atoms with Gasteiger partial charge in [0.2, 0.25) is 0 Å². The topological polar surface area (TPSA) is 40.9 Å². The van der Waals surface area contributed by atoms with Gasteiger partial charge in [-0.2, -0.15) is 0 Å². The number of hydrogen-bond acceptors (Lipinski definition) is 3. The van der Waals surface area contributed by atoms with E-state index in [-0.39, 0.29) is 12.2 Å². The summed E-state index contributed by atoms with van der Waals surface area (Å²) >= 11 is 12.8. The van der Waals surface area contributed by atoms with Gasteiger partial charge in [-0.15, -0.1) is 0 Å². The largest absolute Gasteiger partial charge is 0.298 e. The number of nitrogens with one attached hydrogen (secondary N) is 1. The number of hydrogen-bond donors (Lipinski definition) is 1. The first-order valence-corrected chi connectivity index (χ1v) is 7.41. The number of ketones is 1. The molecule has 2 aromatic rings. The molecule has 0 saturated heterocycles. The van der Waals surface area contributed by atoms with Crippen molar-refractivity contribution in [3.05, 3.63) is 64.1 Å². The van der Waals surface area contributed by atoms with Crippen molar-refractivity contribution in [1.82, 2.24) is 0 Å². The number of Topliss-reactive ketones (excluding diaryl/α,β-unsaturated/α-hetero) is 1. The summed E-state index contributed by atoms with van der Waals surface area (Å²) < 4.78 is 0. The van der Waals surface area contributed by atoms with Crippen LogP contribution in [0.15, 0.2) is 53.4 Å². The van der Waals surface area contributed by atoms with Gasteiger partial charge in [-0.25, -0.2) is 0 Å².